The molecule has 0 bridgehead atoms. The minimum atomic E-state index is -0.805. The topological polar surface area (TPSA) is 40.5 Å². The second kappa shape index (κ2) is 5.46. The molecule has 0 unspecified atom stereocenters. The molecule has 3 nitrogen and oxygen atoms in total. The van der Waals surface area contributed by atoms with Crippen LogP contribution in [0.4, 0.5) is 0 Å². The molecule has 0 spiro atoms. The largest absolute Gasteiger partial charge is 0.477 e. The molecule has 0 saturated heterocycles. The van der Waals surface area contributed by atoms with Gasteiger partial charge in [-0.2, -0.15) is 0 Å². The number of carboxylic acid groups (broad SMARTS) is 1. The van der Waals surface area contributed by atoms with Crippen molar-refractivity contribution in [1.29, 1.82) is 0 Å². The van der Waals surface area contributed by atoms with Crippen molar-refractivity contribution in [2.24, 2.45) is 5.92 Å². The third-order valence-electron chi connectivity index (χ3n) is 3.80. The quantitative estimate of drug-likeness (QED) is 0.856. The summed E-state index contributed by atoms with van der Waals surface area (Å²) in [5, 5.41) is 9.05. The van der Waals surface area contributed by atoms with Crippen molar-refractivity contribution in [2.45, 2.75) is 45.4 Å². The van der Waals surface area contributed by atoms with Crippen LogP contribution in [0.2, 0.25) is 0 Å². The maximum atomic E-state index is 11.0. The lowest BCUT2D eigenvalue weighted by Gasteiger charge is -2.36. The number of fused-ring (bicyclic) bond motifs is 1. The lowest BCUT2D eigenvalue weighted by atomic mass is 10.00. The van der Waals surface area contributed by atoms with Crippen LogP contribution in [0.15, 0.2) is 6.07 Å². The van der Waals surface area contributed by atoms with Crippen LogP contribution in [0.1, 0.15) is 47.8 Å². The van der Waals surface area contributed by atoms with Crippen LogP contribution in [0.25, 0.3) is 0 Å². The van der Waals surface area contributed by atoms with Gasteiger partial charge in [0.2, 0.25) is 0 Å². The van der Waals surface area contributed by atoms with E-state index in [1.807, 2.05) is 18.0 Å². The Labute approximate surface area is 123 Å². The summed E-state index contributed by atoms with van der Waals surface area (Å²) in [6, 6.07) is 1.84. The number of carboxylic acids is 1. The molecule has 1 aliphatic rings. The Kier molecular flexibility index (Phi) is 4.28. The van der Waals surface area contributed by atoms with Crippen LogP contribution in [-0.4, -0.2) is 26.7 Å². The first-order chi connectivity index (χ1) is 8.79. The zero-order chi connectivity index (χ0) is 14.2. The fourth-order valence-electron chi connectivity index (χ4n) is 1.93. The third-order valence-corrected chi connectivity index (χ3v) is 6.53. The van der Waals surface area contributed by atoms with Gasteiger partial charge in [-0.15, -0.1) is 11.3 Å². The molecule has 0 radical (unpaired) electrons. The second-order valence-electron chi connectivity index (χ2n) is 5.83. The number of rotatable bonds is 4. The molecule has 0 saturated carbocycles. The number of hydrogen-bond acceptors (Lipinski definition) is 4. The van der Waals surface area contributed by atoms with Gasteiger partial charge in [-0.25, -0.2) is 9.10 Å². The Balaban J connectivity index is 2.08. The van der Waals surface area contributed by atoms with E-state index < -0.39 is 5.97 Å². The van der Waals surface area contributed by atoms with Crippen molar-refractivity contribution >= 4 is 29.3 Å². The first-order valence-electron chi connectivity index (χ1n) is 6.58. The predicted molar refractivity (Wildman–Crippen MR) is 81.9 cm³/mol. The minimum Gasteiger partial charge on any atom is -0.477 e. The zero-order valence-electron chi connectivity index (χ0n) is 11.9. The molecule has 106 valence electrons. The molecule has 1 aliphatic heterocycles. The molecular weight excluding hydrogens is 278 g/mol. The first-order valence-corrected chi connectivity index (χ1v) is 8.17. The van der Waals surface area contributed by atoms with Crippen LogP contribution >= 0.6 is 23.3 Å². The van der Waals surface area contributed by atoms with Crippen molar-refractivity contribution in [3.05, 3.63) is 21.4 Å². The summed E-state index contributed by atoms with van der Waals surface area (Å²) < 4.78 is 2.59. The van der Waals surface area contributed by atoms with Gasteiger partial charge in [-0.05, 0) is 37.8 Å². The lowest BCUT2D eigenvalue weighted by Crippen LogP contribution is -2.32. The molecular formula is C14H21NO2S2. The average Bonchev–Trinajstić information content (AvgIpc) is 2.71. The number of aromatic carboxylic acids is 1. The predicted octanol–water partition coefficient (Wildman–Crippen LogP) is 3.89. The van der Waals surface area contributed by atoms with E-state index in [9.17, 15) is 4.79 Å². The first kappa shape index (κ1) is 14.9. The van der Waals surface area contributed by atoms with Gasteiger partial charge in [-0.3, -0.25) is 0 Å². The number of nitrogens with zero attached hydrogens (tertiary/aromatic N) is 1. The highest BCUT2D eigenvalue weighted by molar-refractivity contribution is 7.98. The van der Waals surface area contributed by atoms with Gasteiger partial charge in [-0.1, -0.05) is 25.8 Å². The Morgan fingerprint density at radius 2 is 2.21 bits per heavy atom. The van der Waals surface area contributed by atoms with E-state index in [1.165, 1.54) is 21.8 Å². The summed E-state index contributed by atoms with van der Waals surface area (Å²) in [4.78, 5) is 12.7. The van der Waals surface area contributed by atoms with E-state index in [4.69, 9.17) is 5.11 Å². The van der Waals surface area contributed by atoms with E-state index in [2.05, 4.69) is 32.0 Å². The zero-order valence-corrected chi connectivity index (χ0v) is 13.5. The average molecular weight is 299 g/mol. The van der Waals surface area contributed by atoms with Gasteiger partial charge >= 0.3 is 5.97 Å². The van der Waals surface area contributed by atoms with Crippen molar-refractivity contribution in [3.63, 3.8) is 0 Å². The summed E-state index contributed by atoms with van der Waals surface area (Å²) >= 11 is 3.34. The molecule has 0 fully saturated rings. The summed E-state index contributed by atoms with van der Waals surface area (Å²) in [6.07, 6.45) is 0.967. The number of carbonyl (C=O) groups is 1. The van der Waals surface area contributed by atoms with Crippen LogP contribution in [0, 0.1) is 5.92 Å². The lowest BCUT2D eigenvalue weighted by molar-refractivity contribution is 0.0702. The SMILES string of the molecule is CC(C)C(C)(C)SN1CCc2sc(C(=O)O)cc2C1. The normalized spacial score (nSPS) is 16.7. The smallest absolute Gasteiger partial charge is 0.345 e. The van der Waals surface area contributed by atoms with Crippen LogP contribution in [0.3, 0.4) is 0 Å². The molecule has 0 amide bonds. The van der Waals surface area contributed by atoms with E-state index in [-0.39, 0.29) is 4.75 Å². The molecule has 5 heteroatoms. The summed E-state index contributed by atoms with van der Waals surface area (Å²) in [5.41, 5.74) is 1.20. The van der Waals surface area contributed by atoms with Gasteiger partial charge in [0.15, 0.2) is 0 Å². The molecule has 2 rings (SSSR count). The van der Waals surface area contributed by atoms with E-state index in [0.29, 0.717) is 10.8 Å². The minimum absolute atomic E-state index is 0.211. The highest BCUT2D eigenvalue weighted by Gasteiger charge is 2.29. The Morgan fingerprint density at radius 3 is 2.79 bits per heavy atom. The summed E-state index contributed by atoms with van der Waals surface area (Å²) in [7, 11) is 0. The van der Waals surface area contributed by atoms with Crippen LogP contribution < -0.4 is 0 Å². The van der Waals surface area contributed by atoms with E-state index in [1.54, 1.807) is 0 Å². The van der Waals surface area contributed by atoms with Crippen LogP contribution in [-0.2, 0) is 13.0 Å². The van der Waals surface area contributed by atoms with Crippen molar-refractivity contribution in [1.82, 2.24) is 4.31 Å². The molecule has 1 N–H and O–H groups in total. The molecule has 0 aliphatic carbocycles. The number of thiophene rings is 1. The van der Waals surface area contributed by atoms with Gasteiger partial charge in [0.25, 0.3) is 0 Å². The molecule has 1 aromatic rings. The van der Waals surface area contributed by atoms with Gasteiger partial charge < -0.3 is 5.11 Å². The van der Waals surface area contributed by atoms with Crippen molar-refractivity contribution < 1.29 is 9.90 Å². The van der Waals surface area contributed by atoms with Crippen molar-refractivity contribution in [2.75, 3.05) is 6.54 Å². The maximum absolute atomic E-state index is 11.0. The Morgan fingerprint density at radius 1 is 1.53 bits per heavy atom. The highest BCUT2D eigenvalue weighted by atomic mass is 32.2. The Bertz CT molecular complexity index is 480. The third kappa shape index (κ3) is 3.33. The second-order valence-corrected chi connectivity index (χ2v) is 8.72. The van der Waals surface area contributed by atoms with E-state index in [0.717, 1.165) is 19.5 Å². The monoisotopic (exact) mass is 299 g/mol. The van der Waals surface area contributed by atoms with Crippen molar-refractivity contribution in [3.8, 4) is 0 Å². The molecule has 0 aromatic carbocycles. The standard InChI is InChI=1S/C14H21NO2S2/c1-9(2)14(3,4)19-15-6-5-11-10(8-15)7-12(18-11)13(16)17/h7,9H,5-6,8H2,1-4H3,(H,16,17). The maximum Gasteiger partial charge on any atom is 0.345 e. The Hall–Kier alpha value is -0.520. The van der Waals surface area contributed by atoms with Gasteiger partial charge in [0.1, 0.15) is 4.88 Å². The summed E-state index contributed by atoms with van der Waals surface area (Å²) in [5.74, 6) is -0.197. The number of hydrogen-bond donors (Lipinski definition) is 1. The van der Waals surface area contributed by atoms with E-state index >= 15 is 0 Å². The van der Waals surface area contributed by atoms with Gasteiger partial charge in [0, 0.05) is 22.7 Å². The highest BCUT2D eigenvalue weighted by Crippen LogP contribution is 2.38. The summed E-state index contributed by atoms with van der Waals surface area (Å²) in [6.45, 7) is 10.9. The van der Waals surface area contributed by atoms with Crippen LogP contribution in [0.5, 0.6) is 0 Å². The molecule has 0 atom stereocenters. The molecule has 1 aromatic heterocycles. The van der Waals surface area contributed by atoms with Gasteiger partial charge in [0.05, 0.1) is 0 Å². The fourth-order valence-corrected chi connectivity index (χ4v) is 4.19. The molecule has 2 heterocycles. The fraction of sp³-hybridized carbons (Fsp3) is 0.643. The molecule has 19 heavy (non-hydrogen) atoms.